The van der Waals surface area contributed by atoms with Crippen LogP contribution < -0.4 is 5.32 Å². The highest BCUT2D eigenvalue weighted by molar-refractivity contribution is 7.98. The van der Waals surface area contributed by atoms with Crippen molar-refractivity contribution in [2.75, 3.05) is 11.6 Å². The van der Waals surface area contributed by atoms with Crippen LogP contribution in [0.4, 0.5) is 11.4 Å². The summed E-state index contributed by atoms with van der Waals surface area (Å²) in [5.74, 6) is 0. The number of hydrogen-bond acceptors (Lipinski definition) is 4. The lowest BCUT2D eigenvalue weighted by atomic mass is 10.3. The highest BCUT2D eigenvalue weighted by Crippen LogP contribution is 2.26. The quantitative estimate of drug-likeness (QED) is 0.856. The number of nitrogens with one attached hydrogen (secondary N) is 1. The molecule has 0 radical (unpaired) electrons. The summed E-state index contributed by atoms with van der Waals surface area (Å²) in [4.78, 5) is 1.17. The minimum absolute atomic E-state index is 0.295. The fourth-order valence-corrected chi connectivity index (χ4v) is 2.04. The Morgan fingerprint density at radius 1 is 1.18 bits per heavy atom. The van der Waals surface area contributed by atoms with Crippen LogP contribution in [0.15, 0.2) is 35.2 Å². The van der Waals surface area contributed by atoms with Gasteiger partial charge >= 0.3 is 0 Å². The zero-order chi connectivity index (χ0) is 12.3. The maximum absolute atomic E-state index is 5.92. The number of hydrogen-bond donors (Lipinski definition) is 1. The van der Waals surface area contributed by atoms with E-state index in [-0.39, 0.29) is 0 Å². The van der Waals surface area contributed by atoms with Crippen molar-refractivity contribution >= 4 is 46.3 Å². The summed E-state index contributed by atoms with van der Waals surface area (Å²) in [7, 11) is 0. The van der Waals surface area contributed by atoms with Crippen LogP contribution in [0.1, 0.15) is 0 Å². The fourth-order valence-electron chi connectivity index (χ4n) is 1.30. The Labute approximate surface area is 114 Å². The van der Waals surface area contributed by atoms with Crippen LogP contribution in [0.25, 0.3) is 0 Å². The monoisotopic (exact) mass is 285 g/mol. The van der Waals surface area contributed by atoms with Crippen LogP contribution >= 0.6 is 35.0 Å². The van der Waals surface area contributed by atoms with Gasteiger partial charge in [-0.2, -0.15) is 0 Å². The molecule has 0 spiro atoms. The van der Waals surface area contributed by atoms with Crippen molar-refractivity contribution in [2.45, 2.75) is 4.90 Å². The Bertz CT molecular complexity index is 534. The van der Waals surface area contributed by atoms with Gasteiger partial charge in [0.05, 0.1) is 5.69 Å². The minimum atomic E-state index is 0.295. The summed E-state index contributed by atoms with van der Waals surface area (Å²) in [5, 5.41) is 11.1. The van der Waals surface area contributed by atoms with Crippen LogP contribution in [0, 0.1) is 0 Å². The van der Waals surface area contributed by atoms with Gasteiger partial charge in [0, 0.05) is 16.6 Å². The van der Waals surface area contributed by atoms with Gasteiger partial charge in [-0.05, 0) is 24.5 Å². The number of anilines is 2. The van der Waals surface area contributed by atoms with Crippen molar-refractivity contribution in [3.8, 4) is 0 Å². The van der Waals surface area contributed by atoms with Crippen molar-refractivity contribution in [1.82, 2.24) is 10.2 Å². The van der Waals surface area contributed by atoms with Crippen LogP contribution in [0.5, 0.6) is 0 Å². The van der Waals surface area contributed by atoms with Crippen molar-refractivity contribution in [2.24, 2.45) is 0 Å². The summed E-state index contributed by atoms with van der Waals surface area (Å²) in [6.45, 7) is 0. The van der Waals surface area contributed by atoms with E-state index in [2.05, 4.69) is 15.5 Å². The molecule has 17 heavy (non-hydrogen) atoms. The first-order chi connectivity index (χ1) is 8.19. The van der Waals surface area contributed by atoms with E-state index < -0.39 is 0 Å². The average molecular weight is 286 g/mol. The van der Waals surface area contributed by atoms with Crippen molar-refractivity contribution in [3.05, 3.63) is 40.6 Å². The largest absolute Gasteiger partial charge is 0.353 e. The van der Waals surface area contributed by atoms with Gasteiger partial charge in [0.25, 0.3) is 0 Å². The molecule has 1 aromatic carbocycles. The number of halogens is 2. The Balaban J connectivity index is 2.27. The standard InChI is InChI=1S/C11H9Cl2N3S/c1-17-8-4-2-3-7(5-8)14-9-6-10(12)15-16-11(9)13/h2-6H,1H3,(H,14,15). The minimum Gasteiger partial charge on any atom is -0.353 e. The molecule has 0 aliphatic heterocycles. The molecule has 88 valence electrons. The molecule has 0 saturated heterocycles. The second-order valence-corrected chi connectivity index (χ2v) is 4.85. The second kappa shape index (κ2) is 5.58. The van der Waals surface area contributed by atoms with Gasteiger partial charge in [-0.1, -0.05) is 29.3 Å². The molecule has 0 fully saturated rings. The summed E-state index contributed by atoms with van der Waals surface area (Å²) in [6, 6.07) is 9.62. The number of thioether (sulfide) groups is 1. The van der Waals surface area contributed by atoms with Gasteiger partial charge in [-0.25, -0.2) is 0 Å². The maximum atomic E-state index is 5.92. The third-order valence-corrected chi connectivity index (χ3v) is 3.26. The van der Waals surface area contributed by atoms with E-state index in [9.17, 15) is 0 Å². The first-order valence-electron chi connectivity index (χ1n) is 4.79. The highest BCUT2D eigenvalue weighted by Gasteiger charge is 2.04. The second-order valence-electron chi connectivity index (χ2n) is 3.23. The van der Waals surface area contributed by atoms with Crippen molar-refractivity contribution in [3.63, 3.8) is 0 Å². The molecule has 3 nitrogen and oxygen atoms in total. The molecule has 0 aliphatic carbocycles. The van der Waals surface area contributed by atoms with E-state index >= 15 is 0 Å². The van der Waals surface area contributed by atoms with Gasteiger partial charge in [0.1, 0.15) is 0 Å². The Morgan fingerprint density at radius 2 is 2.00 bits per heavy atom. The molecule has 0 aliphatic rings. The first kappa shape index (κ1) is 12.5. The predicted octanol–water partition coefficient (Wildman–Crippen LogP) is 4.25. The molecular weight excluding hydrogens is 277 g/mol. The van der Waals surface area contributed by atoms with Crippen molar-refractivity contribution in [1.29, 1.82) is 0 Å². The Hall–Kier alpha value is -0.970. The van der Waals surface area contributed by atoms with E-state index in [1.54, 1.807) is 17.8 Å². The van der Waals surface area contributed by atoms with Gasteiger partial charge in [-0.3, -0.25) is 0 Å². The van der Waals surface area contributed by atoms with Gasteiger partial charge < -0.3 is 5.32 Å². The SMILES string of the molecule is CSc1cccc(Nc2cc(Cl)nnc2Cl)c1. The van der Waals surface area contributed by atoms with E-state index in [1.807, 2.05) is 30.5 Å². The Kier molecular flexibility index (Phi) is 4.10. The zero-order valence-corrected chi connectivity index (χ0v) is 11.3. The zero-order valence-electron chi connectivity index (χ0n) is 8.95. The molecule has 1 aromatic heterocycles. The van der Waals surface area contributed by atoms with Gasteiger partial charge in [0.2, 0.25) is 0 Å². The number of nitrogens with zero attached hydrogens (tertiary/aromatic N) is 2. The lowest BCUT2D eigenvalue weighted by Crippen LogP contribution is -1.94. The summed E-state index contributed by atoms with van der Waals surface area (Å²) >= 11 is 13.4. The molecule has 1 N–H and O–H groups in total. The Morgan fingerprint density at radius 3 is 2.76 bits per heavy atom. The van der Waals surface area contributed by atoms with Gasteiger partial charge in [0.15, 0.2) is 10.3 Å². The van der Waals surface area contributed by atoms with E-state index in [0.29, 0.717) is 16.0 Å². The molecule has 0 bridgehead atoms. The highest BCUT2D eigenvalue weighted by atomic mass is 35.5. The van der Waals surface area contributed by atoms with E-state index in [0.717, 1.165) is 5.69 Å². The molecule has 0 amide bonds. The summed E-state index contributed by atoms with van der Waals surface area (Å²) < 4.78 is 0. The number of rotatable bonds is 3. The first-order valence-corrected chi connectivity index (χ1v) is 6.77. The molecule has 0 unspecified atom stereocenters. The molecule has 0 atom stereocenters. The third kappa shape index (κ3) is 3.25. The lowest BCUT2D eigenvalue weighted by Gasteiger charge is -2.08. The third-order valence-electron chi connectivity index (χ3n) is 2.07. The molecular formula is C11H9Cl2N3S. The van der Waals surface area contributed by atoms with Gasteiger partial charge in [-0.15, -0.1) is 22.0 Å². The lowest BCUT2D eigenvalue weighted by molar-refractivity contribution is 1.03. The fraction of sp³-hybridized carbons (Fsp3) is 0.0909. The normalized spacial score (nSPS) is 10.3. The predicted molar refractivity (Wildman–Crippen MR) is 73.6 cm³/mol. The maximum Gasteiger partial charge on any atom is 0.175 e. The molecule has 6 heteroatoms. The van der Waals surface area contributed by atoms with Crippen LogP contribution in [0.3, 0.4) is 0 Å². The smallest absolute Gasteiger partial charge is 0.175 e. The average Bonchev–Trinajstić information content (AvgIpc) is 2.34. The van der Waals surface area contributed by atoms with E-state index in [4.69, 9.17) is 23.2 Å². The van der Waals surface area contributed by atoms with Crippen LogP contribution in [-0.4, -0.2) is 16.5 Å². The molecule has 1 heterocycles. The van der Waals surface area contributed by atoms with E-state index in [1.165, 1.54) is 4.90 Å². The van der Waals surface area contributed by atoms with Crippen molar-refractivity contribution < 1.29 is 0 Å². The number of benzene rings is 1. The summed E-state index contributed by atoms with van der Waals surface area (Å²) in [5.41, 5.74) is 1.58. The molecule has 2 rings (SSSR count). The van der Waals surface area contributed by atoms with Crippen LogP contribution in [-0.2, 0) is 0 Å². The molecule has 0 saturated carbocycles. The van der Waals surface area contributed by atoms with Crippen LogP contribution in [0.2, 0.25) is 10.3 Å². The topological polar surface area (TPSA) is 37.8 Å². The summed E-state index contributed by atoms with van der Waals surface area (Å²) in [6.07, 6.45) is 2.02. The number of aromatic nitrogens is 2. The molecule has 2 aromatic rings.